The van der Waals surface area contributed by atoms with Gasteiger partial charge in [-0.2, -0.15) is 0 Å². The Morgan fingerprint density at radius 2 is 2.00 bits per heavy atom. The van der Waals surface area contributed by atoms with Gasteiger partial charge in [-0.15, -0.1) is 0 Å². The van der Waals surface area contributed by atoms with Crippen LogP contribution in [0.1, 0.15) is 19.4 Å². The lowest BCUT2D eigenvalue weighted by Gasteiger charge is -1.91. The number of aromatic amines is 1. The average Bonchev–Trinajstić information content (AvgIpc) is 2.02. The molecule has 1 aromatic heterocycles. The predicted molar refractivity (Wildman–Crippen MR) is 55.4 cm³/mol. The summed E-state index contributed by atoms with van der Waals surface area (Å²) in [6.07, 6.45) is 1.83. The van der Waals surface area contributed by atoms with Crippen molar-refractivity contribution in [2.24, 2.45) is 0 Å². The Hall–Kier alpha value is -0.150. The van der Waals surface area contributed by atoms with Crippen LogP contribution in [-0.4, -0.2) is 4.98 Å². The molecule has 1 rings (SSSR count). The molecule has 0 fully saturated rings. The second-order valence-corrected chi connectivity index (χ2v) is 3.15. The van der Waals surface area contributed by atoms with Crippen molar-refractivity contribution in [1.82, 2.24) is 4.98 Å². The molecular weight excluding hydrogens is 222 g/mol. The summed E-state index contributed by atoms with van der Waals surface area (Å²) in [6, 6.07) is 1.98. The summed E-state index contributed by atoms with van der Waals surface area (Å²) in [7, 11) is 0. The van der Waals surface area contributed by atoms with Crippen LogP contribution in [0.2, 0.25) is 0 Å². The van der Waals surface area contributed by atoms with Crippen LogP contribution < -0.4 is 0 Å². The quantitative estimate of drug-likeness (QED) is 0.674. The molecule has 0 bridgehead atoms. The molecule has 11 heavy (non-hydrogen) atoms. The van der Waals surface area contributed by atoms with Crippen molar-refractivity contribution in [2.45, 2.75) is 20.8 Å². The Morgan fingerprint density at radius 3 is 2.36 bits per heavy atom. The van der Waals surface area contributed by atoms with Crippen molar-refractivity contribution >= 4 is 28.1 Å². The number of pyridine rings is 1. The Bertz CT molecular complexity index is 267. The van der Waals surface area contributed by atoms with Gasteiger partial charge in [0, 0.05) is 10.7 Å². The van der Waals surface area contributed by atoms with Crippen LogP contribution in [0.25, 0.3) is 0 Å². The third kappa shape index (κ3) is 3.68. The van der Waals surface area contributed by atoms with Crippen LogP contribution in [-0.2, 0) is 0 Å². The lowest BCUT2D eigenvalue weighted by molar-refractivity contribution is 1.22. The molecule has 1 N–H and O–H groups in total. The molecule has 0 saturated heterocycles. The molecule has 1 aromatic rings. The van der Waals surface area contributed by atoms with Crippen LogP contribution >= 0.6 is 28.1 Å². The normalized spacial score (nSPS) is 8.36. The summed E-state index contributed by atoms with van der Waals surface area (Å²) in [6.45, 7) is 5.98. The first-order chi connectivity index (χ1) is 5.20. The van der Waals surface area contributed by atoms with Crippen LogP contribution in [0, 0.1) is 11.6 Å². The van der Waals surface area contributed by atoms with Crippen LogP contribution in [0.4, 0.5) is 0 Å². The summed E-state index contributed by atoms with van der Waals surface area (Å²) in [5.74, 6) is 0. The Balaban J connectivity index is 0.000000461. The van der Waals surface area contributed by atoms with E-state index in [0.29, 0.717) is 0 Å². The van der Waals surface area contributed by atoms with E-state index in [2.05, 4.69) is 20.9 Å². The van der Waals surface area contributed by atoms with E-state index < -0.39 is 0 Å². The van der Waals surface area contributed by atoms with Gasteiger partial charge in [0.1, 0.15) is 4.64 Å². The number of aromatic nitrogens is 1. The van der Waals surface area contributed by atoms with E-state index in [1.807, 2.05) is 33.0 Å². The molecule has 0 spiro atoms. The van der Waals surface area contributed by atoms with Crippen molar-refractivity contribution in [1.29, 1.82) is 0 Å². The molecule has 1 nitrogen and oxygen atoms in total. The topological polar surface area (TPSA) is 15.8 Å². The largest absolute Gasteiger partial charge is 0.352 e. The predicted octanol–water partition coefficient (Wildman–Crippen LogP) is 3.84. The fourth-order valence-corrected chi connectivity index (χ4v) is 1.14. The van der Waals surface area contributed by atoms with Crippen molar-refractivity contribution in [2.75, 3.05) is 0 Å². The molecule has 0 aliphatic carbocycles. The summed E-state index contributed by atoms with van der Waals surface area (Å²) in [5, 5.41) is 0. The number of rotatable bonds is 0. The zero-order chi connectivity index (χ0) is 8.85. The van der Waals surface area contributed by atoms with E-state index >= 15 is 0 Å². The van der Waals surface area contributed by atoms with Crippen molar-refractivity contribution in [3.63, 3.8) is 0 Å². The standard InChI is InChI=1S/C6H6BrNS.C2H6/c1-4-2-5(7)3-8-6(4)9;1-2/h2-3H,1H3,(H,8,9);1-2H3. The zero-order valence-corrected chi connectivity index (χ0v) is 9.34. The van der Waals surface area contributed by atoms with E-state index in [4.69, 9.17) is 12.2 Å². The maximum atomic E-state index is 4.94. The molecule has 1 heterocycles. The molecule has 0 amide bonds. The number of halogens is 1. The minimum atomic E-state index is 0.804. The first kappa shape index (κ1) is 10.8. The number of aryl methyl sites for hydroxylation is 1. The van der Waals surface area contributed by atoms with Crippen LogP contribution in [0.5, 0.6) is 0 Å². The van der Waals surface area contributed by atoms with Crippen LogP contribution in [0.3, 0.4) is 0 Å². The lowest BCUT2D eigenvalue weighted by atomic mass is 10.3. The van der Waals surface area contributed by atoms with Gasteiger partial charge in [-0.05, 0) is 34.5 Å². The fraction of sp³-hybridized carbons (Fsp3) is 0.375. The molecule has 0 aliphatic heterocycles. The third-order valence-corrected chi connectivity index (χ3v) is 1.95. The molecule has 0 aliphatic rings. The van der Waals surface area contributed by atoms with Crippen molar-refractivity contribution < 1.29 is 0 Å². The van der Waals surface area contributed by atoms with E-state index in [0.717, 1.165) is 14.7 Å². The maximum Gasteiger partial charge on any atom is 0.106 e. The SMILES string of the molecule is CC.Cc1cc(Br)c[nH]c1=S. The van der Waals surface area contributed by atoms with Crippen LogP contribution in [0.15, 0.2) is 16.7 Å². The third-order valence-electron chi connectivity index (χ3n) is 1.05. The molecular formula is C8H12BrNS. The Labute approximate surface area is 81.0 Å². The van der Waals surface area contributed by atoms with Gasteiger partial charge in [0.25, 0.3) is 0 Å². The fourth-order valence-electron chi connectivity index (χ4n) is 0.562. The van der Waals surface area contributed by atoms with E-state index in [1.165, 1.54) is 0 Å². The highest BCUT2D eigenvalue weighted by molar-refractivity contribution is 9.10. The van der Waals surface area contributed by atoms with Gasteiger partial charge < -0.3 is 4.98 Å². The van der Waals surface area contributed by atoms with Gasteiger partial charge in [-0.1, -0.05) is 26.1 Å². The van der Waals surface area contributed by atoms with Gasteiger partial charge in [0.05, 0.1) is 0 Å². The Morgan fingerprint density at radius 1 is 1.45 bits per heavy atom. The monoisotopic (exact) mass is 233 g/mol. The zero-order valence-electron chi connectivity index (χ0n) is 6.94. The molecule has 0 aromatic carbocycles. The van der Waals surface area contributed by atoms with E-state index in [9.17, 15) is 0 Å². The molecule has 0 unspecified atom stereocenters. The van der Waals surface area contributed by atoms with Crippen molar-refractivity contribution in [3.8, 4) is 0 Å². The van der Waals surface area contributed by atoms with Gasteiger partial charge in [-0.3, -0.25) is 0 Å². The second-order valence-electron chi connectivity index (χ2n) is 1.83. The summed E-state index contributed by atoms with van der Waals surface area (Å²) in [5.41, 5.74) is 1.10. The highest BCUT2D eigenvalue weighted by Gasteiger charge is 1.87. The summed E-state index contributed by atoms with van der Waals surface area (Å²) < 4.78 is 1.84. The van der Waals surface area contributed by atoms with Gasteiger partial charge >= 0.3 is 0 Å². The second kappa shape index (κ2) is 5.49. The van der Waals surface area contributed by atoms with E-state index in [1.54, 1.807) is 0 Å². The van der Waals surface area contributed by atoms with Gasteiger partial charge in [0.15, 0.2) is 0 Å². The minimum absolute atomic E-state index is 0.804. The minimum Gasteiger partial charge on any atom is -0.352 e. The number of H-pyrrole nitrogens is 1. The first-order valence-corrected chi connectivity index (χ1v) is 4.75. The summed E-state index contributed by atoms with van der Waals surface area (Å²) >= 11 is 8.26. The smallest absolute Gasteiger partial charge is 0.106 e. The van der Waals surface area contributed by atoms with E-state index in [-0.39, 0.29) is 0 Å². The highest BCUT2D eigenvalue weighted by atomic mass is 79.9. The molecule has 3 heteroatoms. The Kier molecular flexibility index (Phi) is 5.42. The van der Waals surface area contributed by atoms with Gasteiger partial charge in [0.2, 0.25) is 0 Å². The average molecular weight is 234 g/mol. The van der Waals surface area contributed by atoms with Crippen molar-refractivity contribution in [3.05, 3.63) is 26.9 Å². The first-order valence-electron chi connectivity index (χ1n) is 3.55. The number of nitrogens with one attached hydrogen (secondary N) is 1. The highest BCUT2D eigenvalue weighted by Crippen LogP contribution is 2.09. The lowest BCUT2D eigenvalue weighted by Crippen LogP contribution is -1.78. The molecule has 0 saturated carbocycles. The number of hydrogen-bond donors (Lipinski definition) is 1. The number of hydrogen-bond acceptors (Lipinski definition) is 1. The summed E-state index contributed by atoms with van der Waals surface area (Å²) in [4.78, 5) is 2.94. The van der Waals surface area contributed by atoms with Gasteiger partial charge in [-0.25, -0.2) is 0 Å². The molecule has 0 atom stereocenters. The molecule has 62 valence electrons. The maximum absolute atomic E-state index is 4.94. The molecule has 0 radical (unpaired) electrons.